The third kappa shape index (κ3) is 10.6. The van der Waals surface area contributed by atoms with Crippen LogP contribution in [-0.4, -0.2) is 68.2 Å². The van der Waals surface area contributed by atoms with Gasteiger partial charge in [0.05, 0.1) is 0 Å². The monoisotopic (exact) mass is 376 g/mol. The quantitative estimate of drug-likeness (QED) is 0.222. The van der Waals surface area contributed by atoms with E-state index < -0.39 is 73.5 Å². The van der Waals surface area contributed by atoms with Gasteiger partial charge in [0.25, 0.3) is 0 Å². The molecule has 0 spiro atoms. The van der Waals surface area contributed by atoms with Crippen molar-refractivity contribution >= 4 is 35.7 Å². The zero-order valence-corrected chi connectivity index (χ0v) is 13.6. The van der Waals surface area contributed by atoms with Crippen molar-refractivity contribution in [2.24, 2.45) is 0 Å². The molecule has 0 heterocycles. The number of rotatable bonds is 13. The topological polar surface area (TPSA) is 207 Å². The van der Waals surface area contributed by atoms with Crippen molar-refractivity contribution in [2.75, 3.05) is 0 Å². The lowest BCUT2D eigenvalue weighted by molar-refractivity contribution is -0.144. The number of carboxylic acid groups (broad SMARTS) is 4. The maximum Gasteiger partial charge on any atom is 0.326 e. The van der Waals surface area contributed by atoms with Crippen molar-refractivity contribution in [3.05, 3.63) is 0 Å². The molecule has 0 aromatic heterocycles. The molecule has 2 amide bonds. The SMILES string of the molecule is O=C(O)CC[C@H](NC(=O)CCC(=O)N[C@@H](CCC(=O)O)C(=O)O)C(=O)O. The number of nitrogens with one attached hydrogen (secondary N) is 2. The van der Waals surface area contributed by atoms with Gasteiger partial charge in [-0.15, -0.1) is 0 Å². The van der Waals surface area contributed by atoms with E-state index in [0.29, 0.717) is 0 Å². The zero-order chi connectivity index (χ0) is 20.3. The molecule has 146 valence electrons. The van der Waals surface area contributed by atoms with E-state index in [2.05, 4.69) is 10.6 Å². The predicted molar refractivity (Wildman–Crippen MR) is 82.1 cm³/mol. The Morgan fingerprint density at radius 3 is 1.12 bits per heavy atom. The minimum atomic E-state index is -1.43. The van der Waals surface area contributed by atoms with Crippen LogP contribution < -0.4 is 10.6 Å². The number of carboxylic acids is 4. The van der Waals surface area contributed by atoms with Crippen LogP contribution in [0.1, 0.15) is 38.5 Å². The second kappa shape index (κ2) is 11.4. The molecular weight excluding hydrogens is 356 g/mol. The highest BCUT2D eigenvalue weighted by molar-refractivity contribution is 5.88. The lowest BCUT2D eigenvalue weighted by Crippen LogP contribution is -2.43. The first-order valence-electron chi connectivity index (χ1n) is 7.50. The molecule has 0 radical (unpaired) electrons. The van der Waals surface area contributed by atoms with Crippen molar-refractivity contribution in [3.8, 4) is 0 Å². The Balaban J connectivity index is 4.43. The maximum atomic E-state index is 11.6. The molecule has 0 rings (SSSR count). The molecule has 0 unspecified atom stereocenters. The summed E-state index contributed by atoms with van der Waals surface area (Å²) in [4.78, 5) is 66.0. The molecule has 2 atom stereocenters. The average Bonchev–Trinajstić information content (AvgIpc) is 2.52. The van der Waals surface area contributed by atoms with E-state index in [0.717, 1.165) is 0 Å². The Labute approximate surface area is 147 Å². The molecule has 12 heteroatoms. The summed E-state index contributed by atoms with van der Waals surface area (Å²) < 4.78 is 0. The van der Waals surface area contributed by atoms with Gasteiger partial charge < -0.3 is 31.1 Å². The van der Waals surface area contributed by atoms with E-state index in [1.165, 1.54) is 0 Å². The zero-order valence-electron chi connectivity index (χ0n) is 13.6. The molecule has 0 aliphatic heterocycles. The standard InChI is InChI=1S/C14H20N2O10/c17-9(15-7(13(23)24)1-5-11(19)20)3-4-10(18)16-8(14(25)26)2-6-12(21)22/h7-8H,1-6H2,(H,15,17)(H,16,18)(H,19,20)(H,21,22)(H,23,24)(H,25,26)/t7-,8-/m0/s1. The highest BCUT2D eigenvalue weighted by atomic mass is 16.4. The first-order chi connectivity index (χ1) is 12.0. The molecule has 0 saturated carbocycles. The Bertz CT molecular complexity index is 524. The van der Waals surface area contributed by atoms with Gasteiger partial charge in [0, 0.05) is 25.7 Å². The second-order valence-corrected chi connectivity index (χ2v) is 5.28. The van der Waals surface area contributed by atoms with Crippen LogP contribution in [0, 0.1) is 0 Å². The van der Waals surface area contributed by atoms with E-state index >= 15 is 0 Å². The third-order valence-electron chi connectivity index (χ3n) is 3.14. The van der Waals surface area contributed by atoms with E-state index in [-0.39, 0.29) is 12.8 Å². The minimum absolute atomic E-state index is 0.334. The van der Waals surface area contributed by atoms with Crippen LogP contribution in [0.4, 0.5) is 0 Å². The number of hydrogen-bond acceptors (Lipinski definition) is 6. The Morgan fingerprint density at radius 1 is 0.577 bits per heavy atom. The van der Waals surface area contributed by atoms with E-state index in [1.54, 1.807) is 0 Å². The Hall–Kier alpha value is -3.18. The van der Waals surface area contributed by atoms with Crippen LogP contribution in [0.25, 0.3) is 0 Å². The van der Waals surface area contributed by atoms with Crippen LogP contribution in [0.3, 0.4) is 0 Å². The number of carbonyl (C=O) groups is 6. The van der Waals surface area contributed by atoms with Crippen molar-refractivity contribution in [2.45, 2.75) is 50.6 Å². The van der Waals surface area contributed by atoms with Gasteiger partial charge >= 0.3 is 23.9 Å². The fourth-order valence-electron chi connectivity index (χ4n) is 1.81. The van der Waals surface area contributed by atoms with E-state index in [4.69, 9.17) is 20.4 Å². The summed E-state index contributed by atoms with van der Waals surface area (Å²) in [6.45, 7) is 0. The number of carbonyl (C=O) groups excluding carboxylic acids is 2. The van der Waals surface area contributed by atoms with Gasteiger partial charge in [-0.1, -0.05) is 0 Å². The van der Waals surface area contributed by atoms with Crippen molar-refractivity contribution in [1.29, 1.82) is 0 Å². The molecule has 0 saturated heterocycles. The van der Waals surface area contributed by atoms with Gasteiger partial charge in [-0.05, 0) is 12.8 Å². The first kappa shape index (κ1) is 22.8. The molecule has 0 aliphatic rings. The van der Waals surface area contributed by atoms with Crippen molar-refractivity contribution in [3.63, 3.8) is 0 Å². The van der Waals surface area contributed by atoms with Crippen LogP contribution >= 0.6 is 0 Å². The van der Waals surface area contributed by atoms with Crippen molar-refractivity contribution < 1.29 is 49.2 Å². The molecular formula is C14H20N2O10. The van der Waals surface area contributed by atoms with Crippen LogP contribution in [0.5, 0.6) is 0 Å². The highest BCUT2D eigenvalue weighted by Crippen LogP contribution is 2.02. The first-order valence-corrected chi connectivity index (χ1v) is 7.50. The number of aliphatic carboxylic acids is 4. The number of amides is 2. The van der Waals surface area contributed by atoms with E-state index in [1.807, 2.05) is 0 Å². The summed E-state index contributed by atoms with van der Waals surface area (Å²) in [5.41, 5.74) is 0. The maximum absolute atomic E-state index is 11.6. The molecule has 0 aromatic carbocycles. The van der Waals surface area contributed by atoms with Crippen LogP contribution in [0.15, 0.2) is 0 Å². The van der Waals surface area contributed by atoms with Crippen LogP contribution in [0.2, 0.25) is 0 Å². The van der Waals surface area contributed by atoms with Gasteiger partial charge in [0.15, 0.2) is 0 Å². The molecule has 0 fully saturated rings. The normalized spacial score (nSPS) is 12.5. The smallest absolute Gasteiger partial charge is 0.326 e. The van der Waals surface area contributed by atoms with Gasteiger partial charge in [-0.25, -0.2) is 9.59 Å². The Morgan fingerprint density at radius 2 is 0.885 bits per heavy atom. The fraction of sp³-hybridized carbons (Fsp3) is 0.571. The van der Waals surface area contributed by atoms with Gasteiger partial charge in [0.1, 0.15) is 12.1 Å². The van der Waals surface area contributed by atoms with Crippen LogP contribution in [-0.2, 0) is 28.8 Å². The number of hydrogen-bond donors (Lipinski definition) is 6. The second-order valence-electron chi connectivity index (χ2n) is 5.28. The summed E-state index contributed by atoms with van der Waals surface area (Å²) in [5.74, 6) is -6.96. The Kier molecular flexibility index (Phi) is 9.99. The molecule has 0 bridgehead atoms. The summed E-state index contributed by atoms with van der Waals surface area (Å²) >= 11 is 0. The minimum Gasteiger partial charge on any atom is -0.481 e. The summed E-state index contributed by atoms with van der Waals surface area (Å²) in [6.07, 6.45) is -2.51. The van der Waals surface area contributed by atoms with Gasteiger partial charge in [0.2, 0.25) is 11.8 Å². The van der Waals surface area contributed by atoms with Crippen molar-refractivity contribution in [1.82, 2.24) is 10.6 Å². The average molecular weight is 376 g/mol. The molecule has 0 aliphatic carbocycles. The lowest BCUT2D eigenvalue weighted by Gasteiger charge is -2.15. The molecule has 0 aromatic rings. The summed E-state index contributed by atoms with van der Waals surface area (Å²) in [6, 6.07) is -2.85. The highest BCUT2D eigenvalue weighted by Gasteiger charge is 2.23. The van der Waals surface area contributed by atoms with Gasteiger partial charge in [-0.2, -0.15) is 0 Å². The summed E-state index contributed by atoms with van der Waals surface area (Å²) in [7, 11) is 0. The largest absolute Gasteiger partial charge is 0.481 e. The predicted octanol–water partition coefficient (Wildman–Crippen LogP) is -1.36. The molecule has 12 nitrogen and oxygen atoms in total. The lowest BCUT2D eigenvalue weighted by atomic mass is 10.1. The summed E-state index contributed by atoms with van der Waals surface area (Å²) in [5, 5.41) is 39.0. The van der Waals surface area contributed by atoms with Gasteiger partial charge in [-0.3, -0.25) is 19.2 Å². The van der Waals surface area contributed by atoms with E-state index in [9.17, 15) is 28.8 Å². The third-order valence-corrected chi connectivity index (χ3v) is 3.14. The molecule has 6 N–H and O–H groups in total. The fourth-order valence-corrected chi connectivity index (χ4v) is 1.81. The molecule has 26 heavy (non-hydrogen) atoms.